The maximum atomic E-state index is 11.8. The Bertz CT molecular complexity index is 383. The van der Waals surface area contributed by atoms with Gasteiger partial charge in [0.1, 0.15) is 12.1 Å². The molecule has 0 aliphatic carbocycles. The summed E-state index contributed by atoms with van der Waals surface area (Å²) < 4.78 is 4.95. The van der Waals surface area contributed by atoms with E-state index in [1.165, 1.54) is 13.4 Å². The topological polar surface area (TPSA) is 67.4 Å². The summed E-state index contributed by atoms with van der Waals surface area (Å²) in [5.41, 5.74) is 0. The molecule has 17 heavy (non-hydrogen) atoms. The van der Waals surface area contributed by atoms with Crippen LogP contribution in [0.15, 0.2) is 12.4 Å². The van der Waals surface area contributed by atoms with Gasteiger partial charge in [-0.15, -0.1) is 0 Å². The van der Waals surface area contributed by atoms with Crippen LogP contribution in [0.4, 0.5) is 10.6 Å². The number of nitrogens with one attached hydrogen (secondary N) is 1. The monoisotopic (exact) mass is 238 g/mol. The molecular weight excluding hydrogens is 220 g/mol. The van der Waals surface area contributed by atoms with Gasteiger partial charge in [-0.05, 0) is 13.3 Å². The summed E-state index contributed by atoms with van der Waals surface area (Å²) >= 11 is 0. The summed E-state index contributed by atoms with van der Waals surface area (Å²) in [6, 6.07) is 1.56. The van der Waals surface area contributed by atoms with E-state index < -0.39 is 0 Å². The van der Waals surface area contributed by atoms with Gasteiger partial charge in [-0.1, -0.05) is 6.92 Å². The van der Waals surface area contributed by atoms with E-state index in [0.29, 0.717) is 11.7 Å². The van der Waals surface area contributed by atoms with Gasteiger partial charge in [-0.2, -0.15) is 0 Å². The van der Waals surface area contributed by atoms with E-state index in [9.17, 15) is 4.79 Å². The zero-order valence-corrected chi connectivity index (χ0v) is 10.6. The summed E-state index contributed by atoms with van der Waals surface area (Å²) in [4.78, 5) is 21.3. The lowest BCUT2D eigenvalue weighted by Gasteiger charge is -2.23. The van der Waals surface area contributed by atoms with Gasteiger partial charge < -0.3 is 9.64 Å². The Morgan fingerprint density at radius 2 is 2.29 bits per heavy atom. The fourth-order valence-corrected chi connectivity index (χ4v) is 1.19. The van der Waals surface area contributed by atoms with Gasteiger partial charge in [-0.25, -0.2) is 14.8 Å². The summed E-state index contributed by atoms with van der Waals surface area (Å²) in [7, 11) is 3.27. The van der Waals surface area contributed by atoms with Gasteiger partial charge in [0.05, 0.1) is 7.11 Å². The van der Waals surface area contributed by atoms with Gasteiger partial charge >= 0.3 is 6.03 Å². The van der Waals surface area contributed by atoms with Crippen molar-refractivity contribution in [2.24, 2.45) is 0 Å². The Labute approximate surface area is 101 Å². The lowest BCUT2D eigenvalue weighted by molar-refractivity contribution is 0.206. The third-order valence-corrected chi connectivity index (χ3v) is 2.66. The smallest absolute Gasteiger partial charge is 0.322 e. The molecular formula is C11H18N4O2. The number of ether oxygens (including phenoxy) is 1. The number of rotatable bonds is 4. The first-order chi connectivity index (χ1) is 8.08. The highest BCUT2D eigenvalue weighted by atomic mass is 16.5. The molecule has 1 rings (SSSR count). The molecule has 0 unspecified atom stereocenters. The van der Waals surface area contributed by atoms with Crippen molar-refractivity contribution in [1.29, 1.82) is 0 Å². The maximum absolute atomic E-state index is 11.8. The standard InChI is InChI=1S/C11H18N4O2/c1-5-8(2)15(3)11(16)14-9-6-10(17-4)13-7-12-9/h6-8H,5H2,1-4H3,(H,12,13,14,16)/t8-/m1/s1. The molecule has 6 heteroatoms. The highest BCUT2D eigenvalue weighted by Gasteiger charge is 2.14. The van der Waals surface area contributed by atoms with Gasteiger partial charge in [0.25, 0.3) is 0 Å². The first kappa shape index (κ1) is 13.2. The number of methoxy groups -OCH3 is 1. The number of amides is 2. The van der Waals surface area contributed by atoms with Crippen LogP contribution in [0, 0.1) is 0 Å². The Morgan fingerprint density at radius 3 is 2.88 bits per heavy atom. The lowest BCUT2D eigenvalue weighted by atomic mass is 10.2. The van der Waals surface area contributed by atoms with E-state index in [0.717, 1.165) is 6.42 Å². The van der Waals surface area contributed by atoms with Crippen molar-refractivity contribution < 1.29 is 9.53 Å². The largest absolute Gasteiger partial charge is 0.481 e. The van der Waals surface area contributed by atoms with Gasteiger partial charge in [0.15, 0.2) is 0 Å². The fraction of sp³-hybridized carbons (Fsp3) is 0.545. The minimum absolute atomic E-state index is 0.179. The zero-order valence-electron chi connectivity index (χ0n) is 10.6. The van der Waals surface area contributed by atoms with E-state index in [-0.39, 0.29) is 12.1 Å². The zero-order chi connectivity index (χ0) is 12.8. The Kier molecular flexibility index (Phi) is 4.68. The van der Waals surface area contributed by atoms with Crippen molar-refractivity contribution in [3.8, 4) is 5.88 Å². The van der Waals surface area contributed by atoms with Crippen LogP contribution >= 0.6 is 0 Å². The number of carbonyl (C=O) groups is 1. The summed E-state index contributed by atoms with van der Waals surface area (Å²) in [5.74, 6) is 0.846. The van der Waals surface area contributed by atoms with Crippen molar-refractivity contribution in [2.75, 3.05) is 19.5 Å². The van der Waals surface area contributed by atoms with E-state index in [4.69, 9.17) is 4.74 Å². The average Bonchev–Trinajstić information content (AvgIpc) is 2.37. The van der Waals surface area contributed by atoms with E-state index in [2.05, 4.69) is 15.3 Å². The molecule has 94 valence electrons. The number of hydrogen-bond donors (Lipinski definition) is 1. The molecule has 1 heterocycles. The van der Waals surface area contributed by atoms with Crippen LogP contribution in [0.3, 0.4) is 0 Å². The van der Waals surface area contributed by atoms with Crippen LogP contribution < -0.4 is 10.1 Å². The van der Waals surface area contributed by atoms with Crippen molar-refractivity contribution >= 4 is 11.8 Å². The number of aromatic nitrogens is 2. The van der Waals surface area contributed by atoms with Gasteiger partial charge in [0, 0.05) is 19.2 Å². The predicted molar refractivity (Wildman–Crippen MR) is 65.1 cm³/mol. The average molecular weight is 238 g/mol. The Hall–Kier alpha value is -1.85. The lowest BCUT2D eigenvalue weighted by Crippen LogP contribution is -2.38. The van der Waals surface area contributed by atoms with Crippen molar-refractivity contribution in [3.05, 3.63) is 12.4 Å². The molecule has 0 spiro atoms. The molecule has 1 aromatic rings. The quantitative estimate of drug-likeness (QED) is 0.867. The highest BCUT2D eigenvalue weighted by Crippen LogP contribution is 2.11. The third-order valence-electron chi connectivity index (χ3n) is 2.66. The van der Waals surface area contributed by atoms with Gasteiger partial charge in [-0.3, -0.25) is 5.32 Å². The maximum Gasteiger partial charge on any atom is 0.322 e. The second kappa shape index (κ2) is 6.03. The van der Waals surface area contributed by atoms with Crippen molar-refractivity contribution in [1.82, 2.24) is 14.9 Å². The van der Waals surface area contributed by atoms with E-state index in [1.807, 2.05) is 13.8 Å². The molecule has 1 N–H and O–H groups in total. The molecule has 0 aromatic carbocycles. The second-order valence-electron chi connectivity index (χ2n) is 3.74. The van der Waals surface area contributed by atoms with Gasteiger partial charge in [0.2, 0.25) is 5.88 Å². The molecule has 0 saturated heterocycles. The van der Waals surface area contributed by atoms with E-state index in [1.54, 1.807) is 18.0 Å². The molecule has 2 amide bonds. The first-order valence-electron chi connectivity index (χ1n) is 5.48. The third kappa shape index (κ3) is 3.58. The van der Waals surface area contributed by atoms with Crippen LogP contribution in [-0.4, -0.2) is 41.1 Å². The van der Waals surface area contributed by atoms with Crippen LogP contribution in [0.5, 0.6) is 5.88 Å². The normalized spacial score (nSPS) is 11.8. The highest BCUT2D eigenvalue weighted by molar-refractivity contribution is 5.88. The molecule has 1 atom stereocenters. The number of urea groups is 1. The molecule has 1 aromatic heterocycles. The van der Waals surface area contributed by atoms with Crippen molar-refractivity contribution in [3.63, 3.8) is 0 Å². The number of carbonyl (C=O) groups excluding carboxylic acids is 1. The van der Waals surface area contributed by atoms with E-state index >= 15 is 0 Å². The SMILES string of the molecule is CC[C@@H](C)N(C)C(=O)Nc1cc(OC)ncn1. The molecule has 0 radical (unpaired) electrons. The Balaban J connectivity index is 2.67. The van der Waals surface area contributed by atoms with Crippen LogP contribution in [0.25, 0.3) is 0 Å². The minimum Gasteiger partial charge on any atom is -0.481 e. The molecule has 6 nitrogen and oxygen atoms in total. The Morgan fingerprint density at radius 1 is 1.59 bits per heavy atom. The fourth-order valence-electron chi connectivity index (χ4n) is 1.19. The summed E-state index contributed by atoms with van der Waals surface area (Å²) in [6.45, 7) is 4.02. The van der Waals surface area contributed by atoms with Crippen LogP contribution in [0.2, 0.25) is 0 Å². The minimum atomic E-state index is -0.194. The molecule has 0 aliphatic heterocycles. The number of nitrogens with zero attached hydrogens (tertiary/aromatic N) is 3. The molecule has 0 aliphatic rings. The molecule has 0 saturated carbocycles. The van der Waals surface area contributed by atoms with Crippen LogP contribution in [-0.2, 0) is 0 Å². The van der Waals surface area contributed by atoms with Crippen LogP contribution in [0.1, 0.15) is 20.3 Å². The predicted octanol–water partition coefficient (Wildman–Crippen LogP) is 1.75. The van der Waals surface area contributed by atoms with Crippen molar-refractivity contribution in [2.45, 2.75) is 26.3 Å². The second-order valence-corrected chi connectivity index (χ2v) is 3.74. The molecule has 0 fully saturated rings. The summed E-state index contributed by atoms with van der Waals surface area (Å²) in [5, 5.41) is 2.69. The summed E-state index contributed by atoms with van der Waals surface area (Å²) in [6.07, 6.45) is 2.24. The first-order valence-corrected chi connectivity index (χ1v) is 5.48. The number of hydrogen-bond acceptors (Lipinski definition) is 4. The number of anilines is 1. The molecule has 0 bridgehead atoms.